The minimum atomic E-state index is 0.342. The average molecular weight is 314 g/mol. The highest BCUT2D eigenvalue weighted by Crippen LogP contribution is 2.56. The summed E-state index contributed by atoms with van der Waals surface area (Å²) >= 11 is 3.59. The lowest BCUT2D eigenvalue weighted by molar-refractivity contribution is -0.138. The van der Waals surface area contributed by atoms with Crippen LogP contribution in [0.1, 0.15) is 45.4 Å². The monoisotopic (exact) mass is 313 g/mol. The topological polar surface area (TPSA) is 29.1 Å². The van der Waals surface area contributed by atoms with Gasteiger partial charge in [-0.15, -0.1) is 0 Å². The Morgan fingerprint density at radius 1 is 1.17 bits per heavy atom. The third-order valence-electron chi connectivity index (χ3n) is 5.47. The molecule has 1 amide bonds. The van der Waals surface area contributed by atoms with Gasteiger partial charge in [0.2, 0.25) is 5.91 Å². The van der Waals surface area contributed by atoms with E-state index in [1.54, 1.807) is 0 Å². The summed E-state index contributed by atoms with van der Waals surface area (Å²) in [6.07, 6.45) is 7.85. The molecule has 1 unspecified atom stereocenters. The Balaban J connectivity index is 1.60. The lowest BCUT2D eigenvalue weighted by Crippen LogP contribution is -2.51. The lowest BCUT2D eigenvalue weighted by Gasteiger charge is -2.53. The van der Waals surface area contributed by atoms with Crippen molar-refractivity contribution in [2.24, 2.45) is 29.6 Å². The zero-order valence-corrected chi connectivity index (χ0v) is 12.8. The van der Waals surface area contributed by atoms with Gasteiger partial charge in [0.25, 0.3) is 0 Å². The number of nitrogens with one attached hydrogen (secondary N) is 1. The summed E-state index contributed by atoms with van der Waals surface area (Å²) in [5, 5.41) is 3.18. The van der Waals surface area contributed by atoms with Crippen molar-refractivity contribution in [1.82, 2.24) is 5.32 Å². The first-order valence-electron chi connectivity index (χ1n) is 7.59. The molecule has 0 saturated heterocycles. The first-order valence-corrected chi connectivity index (χ1v) is 8.50. The Morgan fingerprint density at radius 3 is 2.22 bits per heavy atom. The van der Waals surface area contributed by atoms with Gasteiger partial charge in [-0.25, -0.2) is 0 Å². The minimum absolute atomic E-state index is 0.342. The van der Waals surface area contributed by atoms with E-state index in [2.05, 4.69) is 28.2 Å². The second-order valence-electron chi connectivity index (χ2n) is 6.71. The molecule has 4 rings (SSSR count). The van der Waals surface area contributed by atoms with Crippen LogP contribution in [0.5, 0.6) is 0 Å². The van der Waals surface area contributed by atoms with E-state index < -0.39 is 0 Å². The van der Waals surface area contributed by atoms with Crippen molar-refractivity contribution < 1.29 is 4.79 Å². The normalized spacial score (nSPS) is 42.9. The lowest BCUT2D eigenvalue weighted by atomic mass is 9.51. The van der Waals surface area contributed by atoms with Crippen LogP contribution in [0.4, 0.5) is 0 Å². The van der Waals surface area contributed by atoms with Crippen LogP contribution in [-0.4, -0.2) is 17.3 Å². The molecule has 2 nitrogen and oxygen atoms in total. The van der Waals surface area contributed by atoms with Gasteiger partial charge in [0.05, 0.1) is 0 Å². The predicted molar refractivity (Wildman–Crippen MR) is 76.6 cm³/mol. The van der Waals surface area contributed by atoms with Gasteiger partial charge in [-0.3, -0.25) is 4.79 Å². The van der Waals surface area contributed by atoms with Gasteiger partial charge in [-0.1, -0.05) is 22.9 Å². The number of carbonyl (C=O) groups excluding carboxylic acids is 1. The fourth-order valence-corrected chi connectivity index (χ4v) is 4.99. The molecule has 4 fully saturated rings. The molecule has 18 heavy (non-hydrogen) atoms. The number of hydrogen-bond donors (Lipinski definition) is 1. The number of rotatable bonds is 4. The third kappa shape index (κ3) is 2.35. The zero-order chi connectivity index (χ0) is 12.7. The van der Waals surface area contributed by atoms with Crippen LogP contribution in [0.25, 0.3) is 0 Å². The molecule has 1 N–H and O–H groups in total. The maximum Gasteiger partial charge on any atom is 0.223 e. The van der Waals surface area contributed by atoms with Crippen LogP contribution in [-0.2, 0) is 4.79 Å². The summed E-state index contributed by atoms with van der Waals surface area (Å²) in [6.45, 7) is 2.94. The van der Waals surface area contributed by atoms with E-state index in [4.69, 9.17) is 0 Å². The van der Waals surface area contributed by atoms with Crippen LogP contribution >= 0.6 is 15.9 Å². The Morgan fingerprint density at radius 2 is 1.72 bits per heavy atom. The van der Waals surface area contributed by atoms with E-state index in [1.807, 2.05) is 0 Å². The fraction of sp³-hybridized carbons (Fsp3) is 0.933. The van der Waals surface area contributed by atoms with Crippen molar-refractivity contribution in [1.29, 1.82) is 0 Å². The molecule has 0 aromatic rings. The van der Waals surface area contributed by atoms with E-state index in [1.165, 1.54) is 32.1 Å². The molecule has 1 atom stereocenters. The second-order valence-corrected chi connectivity index (χ2v) is 8.00. The number of hydrogen-bond acceptors (Lipinski definition) is 1. The van der Waals surface area contributed by atoms with Crippen molar-refractivity contribution in [2.75, 3.05) is 6.54 Å². The average Bonchev–Trinajstić information content (AvgIpc) is 2.34. The Kier molecular flexibility index (Phi) is 3.70. The quantitative estimate of drug-likeness (QED) is 0.792. The number of alkyl halides is 1. The highest BCUT2D eigenvalue weighted by atomic mass is 79.9. The summed E-state index contributed by atoms with van der Waals surface area (Å²) < 4.78 is 0. The molecular formula is C15H24BrNO. The SMILES string of the molecule is CCC(Br)CNC(=O)C1C2CC3CC(C2)CC1C3. The predicted octanol–water partition coefficient (Wildman–Crippen LogP) is 3.35. The summed E-state index contributed by atoms with van der Waals surface area (Å²) in [5.74, 6) is 4.01. The van der Waals surface area contributed by atoms with Crippen molar-refractivity contribution in [2.45, 2.75) is 50.3 Å². The summed E-state index contributed by atoms with van der Waals surface area (Å²) in [4.78, 5) is 12.9. The van der Waals surface area contributed by atoms with Gasteiger partial charge >= 0.3 is 0 Å². The van der Waals surface area contributed by atoms with E-state index in [-0.39, 0.29) is 0 Å². The maximum atomic E-state index is 12.4. The largest absolute Gasteiger partial charge is 0.355 e. The first kappa shape index (κ1) is 13.0. The Labute approximate surface area is 118 Å². The van der Waals surface area contributed by atoms with Crippen molar-refractivity contribution >= 4 is 21.8 Å². The molecular weight excluding hydrogens is 290 g/mol. The van der Waals surface area contributed by atoms with E-state index in [9.17, 15) is 4.79 Å². The molecule has 4 saturated carbocycles. The molecule has 0 spiro atoms. The summed E-state index contributed by atoms with van der Waals surface area (Å²) in [5.41, 5.74) is 0. The van der Waals surface area contributed by atoms with Crippen molar-refractivity contribution in [3.63, 3.8) is 0 Å². The molecule has 102 valence electrons. The molecule has 4 aliphatic carbocycles. The molecule has 4 aliphatic rings. The first-order chi connectivity index (χ1) is 8.67. The number of amides is 1. The van der Waals surface area contributed by atoms with Crippen molar-refractivity contribution in [3.05, 3.63) is 0 Å². The highest BCUT2D eigenvalue weighted by Gasteiger charge is 2.50. The Hall–Kier alpha value is -0.0500. The molecule has 0 aromatic carbocycles. The van der Waals surface area contributed by atoms with Crippen LogP contribution in [0.15, 0.2) is 0 Å². The maximum absolute atomic E-state index is 12.4. The number of halogens is 1. The standard InChI is InChI=1S/C15H24BrNO/c1-2-13(16)8-17-15(18)14-11-4-9-3-10(6-11)7-12(14)5-9/h9-14H,2-8H2,1H3,(H,17,18). The minimum Gasteiger partial charge on any atom is -0.355 e. The Bertz CT molecular complexity index is 302. The molecule has 0 aromatic heterocycles. The third-order valence-corrected chi connectivity index (χ3v) is 6.44. The fourth-order valence-electron chi connectivity index (χ4n) is 4.83. The van der Waals surface area contributed by atoms with Crippen LogP contribution in [0, 0.1) is 29.6 Å². The van der Waals surface area contributed by atoms with E-state index in [0.29, 0.717) is 28.5 Å². The van der Waals surface area contributed by atoms with E-state index in [0.717, 1.165) is 24.8 Å². The van der Waals surface area contributed by atoms with Crippen LogP contribution < -0.4 is 5.32 Å². The van der Waals surface area contributed by atoms with Gasteiger partial charge in [-0.05, 0) is 62.2 Å². The van der Waals surface area contributed by atoms with Gasteiger partial charge in [-0.2, -0.15) is 0 Å². The van der Waals surface area contributed by atoms with Crippen molar-refractivity contribution in [3.8, 4) is 0 Å². The van der Waals surface area contributed by atoms with Crippen LogP contribution in [0.3, 0.4) is 0 Å². The molecule has 0 aliphatic heterocycles. The second kappa shape index (κ2) is 5.15. The molecule has 0 radical (unpaired) electrons. The van der Waals surface area contributed by atoms with Gasteiger partial charge in [0.15, 0.2) is 0 Å². The van der Waals surface area contributed by atoms with Gasteiger partial charge < -0.3 is 5.32 Å². The zero-order valence-electron chi connectivity index (χ0n) is 11.2. The molecule has 4 bridgehead atoms. The highest BCUT2D eigenvalue weighted by molar-refractivity contribution is 9.09. The van der Waals surface area contributed by atoms with Gasteiger partial charge in [0, 0.05) is 17.3 Å². The van der Waals surface area contributed by atoms with Gasteiger partial charge in [0.1, 0.15) is 0 Å². The summed E-state index contributed by atoms with van der Waals surface area (Å²) in [6, 6.07) is 0. The van der Waals surface area contributed by atoms with Crippen LogP contribution in [0.2, 0.25) is 0 Å². The summed E-state index contributed by atoms with van der Waals surface area (Å²) in [7, 11) is 0. The molecule has 0 heterocycles. The van der Waals surface area contributed by atoms with E-state index >= 15 is 0 Å². The smallest absolute Gasteiger partial charge is 0.223 e. The molecule has 3 heteroatoms. The number of carbonyl (C=O) groups is 1.